The van der Waals surface area contributed by atoms with Crippen molar-refractivity contribution in [2.24, 2.45) is 0 Å². The lowest BCUT2D eigenvalue weighted by molar-refractivity contribution is -0.122. The molecule has 1 heterocycles. The van der Waals surface area contributed by atoms with Gasteiger partial charge in [0.15, 0.2) is 11.9 Å². The van der Waals surface area contributed by atoms with Gasteiger partial charge < -0.3 is 10.1 Å². The Kier molecular flexibility index (Phi) is 5.90. The molecule has 4 rings (SSSR count). The molecule has 0 aliphatic carbocycles. The summed E-state index contributed by atoms with van der Waals surface area (Å²) in [5.74, 6) is -0.616. The van der Waals surface area contributed by atoms with Crippen LogP contribution in [-0.2, 0) is 14.8 Å². The van der Waals surface area contributed by atoms with E-state index in [4.69, 9.17) is 16.3 Å². The summed E-state index contributed by atoms with van der Waals surface area (Å²) in [7, 11) is -3.64. The Labute approximate surface area is 190 Å². The zero-order valence-corrected chi connectivity index (χ0v) is 18.6. The maximum absolute atomic E-state index is 13.0. The van der Waals surface area contributed by atoms with E-state index in [0.717, 1.165) is 10.6 Å². The molecule has 0 unspecified atom stereocenters. The molecule has 1 amide bonds. The number of halogens is 1. The molecule has 1 N–H and O–H groups in total. The van der Waals surface area contributed by atoms with Crippen molar-refractivity contribution in [3.05, 3.63) is 88.9 Å². The van der Waals surface area contributed by atoms with Crippen LogP contribution in [0.4, 0.5) is 11.4 Å². The molecule has 1 atom stereocenters. The number of nitrogens with zero attached hydrogens (tertiary/aromatic N) is 1. The van der Waals surface area contributed by atoms with Gasteiger partial charge in [-0.3, -0.25) is 13.9 Å². The molecule has 0 saturated carbocycles. The van der Waals surface area contributed by atoms with Crippen LogP contribution in [0.2, 0.25) is 5.02 Å². The Balaban J connectivity index is 1.63. The van der Waals surface area contributed by atoms with Crippen LogP contribution in [0.15, 0.2) is 72.8 Å². The van der Waals surface area contributed by atoms with Gasteiger partial charge in [0, 0.05) is 16.1 Å². The number of nitrogens with one attached hydrogen (secondary N) is 1. The molecule has 0 aromatic heterocycles. The van der Waals surface area contributed by atoms with Crippen LogP contribution in [-0.4, -0.2) is 39.0 Å². The molecule has 32 heavy (non-hydrogen) atoms. The second-order valence-corrected chi connectivity index (χ2v) is 9.59. The molecule has 0 radical (unpaired) electrons. The summed E-state index contributed by atoms with van der Waals surface area (Å²) in [6, 6.07) is 19.8. The highest BCUT2D eigenvalue weighted by molar-refractivity contribution is 7.92. The molecule has 3 aromatic carbocycles. The number of amides is 1. The van der Waals surface area contributed by atoms with Gasteiger partial charge in [-0.15, -0.1) is 0 Å². The van der Waals surface area contributed by atoms with Crippen LogP contribution in [0, 0.1) is 0 Å². The lowest BCUT2D eigenvalue weighted by Gasteiger charge is -2.33. The van der Waals surface area contributed by atoms with Crippen molar-refractivity contribution in [2.45, 2.75) is 6.10 Å². The van der Waals surface area contributed by atoms with E-state index in [1.54, 1.807) is 60.7 Å². The van der Waals surface area contributed by atoms with Gasteiger partial charge in [-0.25, -0.2) is 8.42 Å². The number of anilines is 2. The highest BCUT2D eigenvalue weighted by atomic mass is 35.5. The summed E-state index contributed by atoms with van der Waals surface area (Å²) in [5.41, 5.74) is 1.27. The van der Waals surface area contributed by atoms with Gasteiger partial charge in [-0.2, -0.15) is 0 Å². The van der Waals surface area contributed by atoms with Gasteiger partial charge in [-0.05, 0) is 30.3 Å². The summed E-state index contributed by atoms with van der Waals surface area (Å²) >= 11 is 6.10. The first-order valence-corrected chi connectivity index (χ1v) is 11.9. The smallest absolute Gasteiger partial charge is 0.267 e. The van der Waals surface area contributed by atoms with Crippen LogP contribution in [0.25, 0.3) is 0 Å². The van der Waals surface area contributed by atoms with Crippen LogP contribution in [0.5, 0.6) is 5.75 Å². The van der Waals surface area contributed by atoms with Crippen LogP contribution >= 0.6 is 11.6 Å². The zero-order chi connectivity index (χ0) is 22.9. The number of hydrogen-bond donors (Lipinski definition) is 1. The van der Waals surface area contributed by atoms with Crippen molar-refractivity contribution in [3.63, 3.8) is 0 Å². The number of fused-ring (bicyclic) bond motifs is 1. The number of carbonyl (C=O) groups is 2. The monoisotopic (exact) mass is 470 g/mol. The van der Waals surface area contributed by atoms with Gasteiger partial charge in [0.25, 0.3) is 5.91 Å². The first kappa shape index (κ1) is 21.9. The van der Waals surface area contributed by atoms with Crippen molar-refractivity contribution < 1.29 is 22.7 Å². The van der Waals surface area contributed by atoms with Crippen LogP contribution in [0.1, 0.15) is 15.9 Å². The zero-order valence-electron chi connectivity index (χ0n) is 17.0. The van der Waals surface area contributed by atoms with Crippen molar-refractivity contribution in [1.82, 2.24) is 0 Å². The standard InChI is InChI=1S/C23H19ClN2O5S/c1-32(29,30)26-14-21(31-20-10-6-5-9-19(20)26)23(28)25-18-12-11-16(24)13-17(18)22(27)15-7-3-2-4-8-15/h2-13,21H,14H2,1H3,(H,25,28)/t21-/m0/s1. The summed E-state index contributed by atoms with van der Waals surface area (Å²) in [5, 5.41) is 3.04. The fraction of sp³-hybridized carbons (Fsp3) is 0.130. The van der Waals surface area contributed by atoms with E-state index in [1.165, 1.54) is 12.1 Å². The third-order valence-corrected chi connectivity index (χ3v) is 6.33. The van der Waals surface area contributed by atoms with Crippen molar-refractivity contribution in [1.29, 1.82) is 0 Å². The number of benzene rings is 3. The van der Waals surface area contributed by atoms with Crippen LogP contribution in [0.3, 0.4) is 0 Å². The largest absolute Gasteiger partial charge is 0.476 e. The summed E-state index contributed by atoms with van der Waals surface area (Å²) < 4.78 is 31.5. The molecule has 9 heteroatoms. The van der Waals surface area contributed by atoms with E-state index in [9.17, 15) is 18.0 Å². The lowest BCUT2D eigenvalue weighted by atomic mass is 10.0. The molecule has 1 aliphatic rings. The number of ether oxygens (including phenoxy) is 1. The molecule has 1 aliphatic heterocycles. The number of ketones is 1. The maximum atomic E-state index is 13.0. The number of carbonyl (C=O) groups excluding carboxylic acids is 2. The Morgan fingerprint density at radius 3 is 2.44 bits per heavy atom. The predicted octanol–water partition coefficient (Wildman–Crippen LogP) is 3.74. The lowest BCUT2D eigenvalue weighted by Crippen LogP contribution is -2.48. The summed E-state index contributed by atoms with van der Waals surface area (Å²) in [4.78, 5) is 26.0. The molecule has 0 bridgehead atoms. The first-order valence-electron chi connectivity index (χ1n) is 9.67. The maximum Gasteiger partial charge on any atom is 0.267 e. The third kappa shape index (κ3) is 4.46. The number of para-hydroxylation sites is 2. The van der Waals surface area contributed by atoms with E-state index in [-0.39, 0.29) is 29.3 Å². The summed E-state index contributed by atoms with van der Waals surface area (Å²) in [6.07, 6.45) is -0.0464. The van der Waals surface area contributed by atoms with E-state index >= 15 is 0 Å². The fourth-order valence-electron chi connectivity index (χ4n) is 3.42. The second kappa shape index (κ2) is 8.64. The van der Waals surface area contributed by atoms with E-state index < -0.39 is 22.0 Å². The highest BCUT2D eigenvalue weighted by Crippen LogP contribution is 2.35. The number of hydrogen-bond acceptors (Lipinski definition) is 5. The van der Waals surface area contributed by atoms with Gasteiger partial charge >= 0.3 is 0 Å². The normalized spacial score (nSPS) is 15.4. The Morgan fingerprint density at radius 2 is 1.72 bits per heavy atom. The van der Waals surface area contributed by atoms with E-state index in [2.05, 4.69) is 5.32 Å². The van der Waals surface area contributed by atoms with Crippen LogP contribution < -0.4 is 14.4 Å². The Morgan fingerprint density at radius 1 is 1.03 bits per heavy atom. The minimum Gasteiger partial charge on any atom is -0.476 e. The quantitative estimate of drug-likeness (QED) is 0.573. The SMILES string of the molecule is CS(=O)(=O)N1C[C@@H](C(=O)Nc2ccc(Cl)cc2C(=O)c2ccccc2)Oc2ccccc21. The van der Waals surface area contributed by atoms with Crippen molar-refractivity contribution >= 4 is 44.7 Å². The molecular weight excluding hydrogens is 452 g/mol. The fourth-order valence-corrected chi connectivity index (χ4v) is 4.51. The van der Waals surface area contributed by atoms with E-state index in [0.29, 0.717) is 16.3 Å². The average Bonchev–Trinajstić information content (AvgIpc) is 2.79. The number of sulfonamides is 1. The third-order valence-electron chi connectivity index (χ3n) is 4.95. The Bertz CT molecular complexity index is 1290. The van der Waals surface area contributed by atoms with Gasteiger partial charge in [-0.1, -0.05) is 54.1 Å². The Hall–Kier alpha value is -3.36. The second-order valence-electron chi connectivity index (χ2n) is 7.24. The molecule has 3 aromatic rings. The molecule has 7 nitrogen and oxygen atoms in total. The average molecular weight is 471 g/mol. The molecule has 0 saturated heterocycles. The number of rotatable bonds is 5. The van der Waals surface area contributed by atoms with Gasteiger partial charge in [0.05, 0.1) is 24.2 Å². The molecule has 0 spiro atoms. The highest BCUT2D eigenvalue weighted by Gasteiger charge is 2.35. The molecule has 164 valence electrons. The van der Waals surface area contributed by atoms with Crippen molar-refractivity contribution in [2.75, 3.05) is 22.4 Å². The first-order chi connectivity index (χ1) is 15.2. The van der Waals surface area contributed by atoms with Gasteiger partial charge in [0.1, 0.15) is 5.75 Å². The summed E-state index contributed by atoms with van der Waals surface area (Å²) in [6.45, 7) is -0.197. The predicted molar refractivity (Wildman–Crippen MR) is 123 cm³/mol. The van der Waals surface area contributed by atoms with Gasteiger partial charge in [0.2, 0.25) is 10.0 Å². The molecule has 0 fully saturated rings. The van der Waals surface area contributed by atoms with Crippen molar-refractivity contribution in [3.8, 4) is 5.75 Å². The topological polar surface area (TPSA) is 92.8 Å². The van der Waals surface area contributed by atoms with E-state index in [1.807, 2.05) is 0 Å². The minimum absolute atomic E-state index is 0.197. The molecular formula is C23H19ClN2O5S. The minimum atomic E-state index is -3.64.